The summed E-state index contributed by atoms with van der Waals surface area (Å²) in [5.41, 5.74) is -0.616. The number of hydrogen-bond donors (Lipinski definition) is 0. The van der Waals surface area contributed by atoms with Crippen LogP contribution in [0.4, 0.5) is 8.78 Å². The highest BCUT2D eigenvalue weighted by molar-refractivity contribution is 6.68. The Morgan fingerprint density at radius 1 is 1.64 bits per heavy atom. The number of alkyl halides is 2. The highest BCUT2D eigenvalue weighted by atomic mass is 35.5. The summed E-state index contributed by atoms with van der Waals surface area (Å²) >= 11 is 5.17. The highest BCUT2D eigenvalue weighted by Gasteiger charge is 2.16. The quantitative estimate of drug-likeness (QED) is 0.736. The second-order valence-corrected chi connectivity index (χ2v) is 2.73. The number of carbonyl (C=O) groups is 1. The lowest BCUT2D eigenvalue weighted by atomic mass is 10.2. The van der Waals surface area contributed by atoms with Crippen LogP contribution in [0.2, 0.25) is 0 Å². The van der Waals surface area contributed by atoms with Crippen molar-refractivity contribution in [2.45, 2.75) is 6.43 Å². The molecule has 0 amide bonds. The van der Waals surface area contributed by atoms with Gasteiger partial charge in [-0.05, 0) is 17.7 Å². The molecule has 0 saturated heterocycles. The minimum atomic E-state index is -2.74. The Morgan fingerprint density at radius 3 is 2.71 bits per heavy atom. The topological polar surface area (TPSA) is 39.2 Å². The lowest BCUT2D eigenvalue weighted by Crippen LogP contribution is -2.00. The number of pyridine rings is 1. The van der Waals surface area contributed by atoms with Gasteiger partial charge < -0.3 is 4.74 Å². The van der Waals surface area contributed by atoms with Crippen molar-refractivity contribution in [1.29, 1.82) is 0 Å². The predicted octanol–water partition coefficient (Wildman–Crippen LogP) is 2.41. The van der Waals surface area contributed by atoms with Gasteiger partial charge in [0.2, 0.25) is 0 Å². The van der Waals surface area contributed by atoms with Crippen LogP contribution in [0, 0.1) is 0 Å². The first kappa shape index (κ1) is 10.8. The molecule has 0 spiro atoms. The summed E-state index contributed by atoms with van der Waals surface area (Å²) in [6, 6.07) is 0.916. The number of methoxy groups -OCH3 is 1. The van der Waals surface area contributed by atoms with Gasteiger partial charge in [-0.15, -0.1) is 0 Å². The molecular formula is C8H6ClF2NO2. The summed E-state index contributed by atoms with van der Waals surface area (Å²) in [5.74, 6) is 0.0781. The van der Waals surface area contributed by atoms with Gasteiger partial charge in [-0.1, -0.05) is 0 Å². The molecule has 0 fully saturated rings. The normalized spacial score (nSPS) is 10.4. The van der Waals surface area contributed by atoms with E-state index in [4.69, 9.17) is 16.3 Å². The second-order valence-electron chi connectivity index (χ2n) is 2.38. The van der Waals surface area contributed by atoms with Crippen LogP contribution in [0.15, 0.2) is 12.3 Å². The Labute approximate surface area is 83.7 Å². The number of nitrogens with zero attached hydrogens (tertiary/aromatic N) is 1. The van der Waals surface area contributed by atoms with E-state index in [1.54, 1.807) is 0 Å². The van der Waals surface area contributed by atoms with Crippen molar-refractivity contribution < 1.29 is 18.3 Å². The van der Waals surface area contributed by atoms with Crippen molar-refractivity contribution in [3.63, 3.8) is 0 Å². The zero-order chi connectivity index (χ0) is 10.7. The van der Waals surface area contributed by atoms with Crippen LogP contribution in [0.3, 0.4) is 0 Å². The number of ether oxygens (including phenoxy) is 1. The van der Waals surface area contributed by atoms with Gasteiger partial charge in [-0.2, -0.15) is 0 Å². The number of hydrogen-bond acceptors (Lipinski definition) is 3. The molecule has 1 aromatic rings. The number of aromatic nitrogens is 1. The fraction of sp³-hybridized carbons (Fsp3) is 0.250. The molecule has 6 heteroatoms. The molecule has 0 unspecified atom stereocenters. The smallest absolute Gasteiger partial charge is 0.280 e. The summed E-state index contributed by atoms with van der Waals surface area (Å²) in [6.45, 7) is 0. The van der Waals surface area contributed by atoms with Gasteiger partial charge in [-0.25, -0.2) is 8.78 Å². The molecule has 1 heterocycles. The molecule has 0 aliphatic carbocycles. The third-order valence-electron chi connectivity index (χ3n) is 1.54. The molecule has 1 aromatic heterocycles. The molecule has 0 N–H and O–H groups in total. The minimum Gasteiger partial charge on any atom is -0.494 e. The van der Waals surface area contributed by atoms with Crippen LogP contribution >= 0.6 is 11.6 Å². The number of halogens is 3. The molecule has 0 atom stereocenters. The van der Waals surface area contributed by atoms with Crippen LogP contribution < -0.4 is 4.74 Å². The summed E-state index contributed by atoms with van der Waals surface area (Å²) in [7, 11) is 1.29. The molecule has 0 radical (unpaired) electrons. The summed E-state index contributed by atoms with van der Waals surface area (Å²) in [4.78, 5) is 14.2. The zero-order valence-electron chi connectivity index (χ0n) is 7.13. The molecule has 0 aliphatic heterocycles. The van der Waals surface area contributed by atoms with E-state index in [1.807, 2.05) is 0 Å². The number of rotatable bonds is 3. The Balaban J connectivity index is 3.21. The molecule has 0 aromatic carbocycles. The Morgan fingerprint density at radius 2 is 2.29 bits per heavy atom. The Hall–Kier alpha value is -1.23. The first-order valence-corrected chi connectivity index (χ1v) is 3.96. The van der Waals surface area contributed by atoms with Crippen molar-refractivity contribution in [3.05, 3.63) is 23.5 Å². The molecule has 76 valence electrons. The predicted molar refractivity (Wildman–Crippen MR) is 45.9 cm³/mol. The fourth-order valence-corrected chi connectivity index (χ4v) is 1.04. The zero-order valence-corrected chi connectivity index (χ0v) is 7.89. The minimum absolute atomic E-state index is 0.0781. The van der Waals surface area contributed by atoms with Crippen molar-refractivity contribution in [1.82, 2.24) is 4.98 Å². The van der Waals surface area contributed by atoms with E-state index in [0.717, 1.165) is 12.3 Å². The fourth-order valence-electron chi connectivity index (χ4n) is 0.895. The van der Waals surface area contributed by atoms with Gasteiger partial charge in [0.05, 0.1) is 18.9 Å². The van der Waals surface area contributed by atoms with Crippen LogP contribution in [0.5, 0.6) is 5.75 Å². The summed E-state index contributed by atoms with van der Waals surface area (Å²) in [5, 5.41) is -0.855. The largest absolute Gasteiger partial charge is 0.494 e. The van der Waals surface area contributed by atoms with Crippen molar-refractivity contribution in [2.75, 3.05) is 7.11 Å². The van der Waals surface area contributed by atoms with Gasteiger partial charge >= 0.3 is 0 Å². The van der Waals surface area contributed by atoms with E-state index in [9.17, 15) is 13.6 Å². The lowest BCUT2D eigenvalue weighted by molar-refractivity contribution is 0.107. The van der Waals surface area contributed by atoms with Crippen molar-refractivity contribution in [2.24, 2.45) is 0 Å². The molecule has 0 aliphatic rings. The Kier molecular flexibility index (Phi) is 3.35. The average Bonchev–Trinajstić information content (AvgIpc) is 2.16. The molecule has 3 nitrogen and oxygen atoms in total. The molecule has 0 saturated carbocycles. The molecule has 0 bridgehead atoms. The third kappa shape index (κ3) is 2.17. The van der Waals surface area contributed by atoms with Gasteiger partial charge in [0, 0.05) is 0 Å². The van der Waals surface area contributed by atoms with Gasteiger partial charge in [0.15, 0.2) is 0 Å². The van der Waals surface area contributed by atoms with Gasteiger partial charge in [0.25, 0.3) is 11.7 Å². The molecular weight excluding hydrogens is 216 g/mol. The highest BCUT2D eigenvalue weighted by Crippen LogP contribution is 2.24. The molecule has 1 rings (SSSR count). The second kappa shape index (κ2) is 4.32. The van der Waals surface area contributed by atoms with E-state index in [2.05, 4.69) is 4.98 Å². The average molecular weight is 222 g/mol. The Bertz CT molecular complexity index is 357. The monoisotopic (exact) mass is 221 g/mol. The van der Waals surface area contributed by atoms with Crippen LogP contribution in [-0.4, -0.2) is 17.3 Å². The maximum Gasteiger partial charge on any atom is 0.280 e. The lowest BCUT2D eigenvalue weighted by Gasteiger charge is -2.05. The van der Waals surface area contributed by atoms with E-state index < -0.39 is 17.4 Å². The third-order valence-corrected chi connectivity index (χ3v) is 1.75. The SMILES string of the molecule is COc1cnc(C(F)F)cc1C(=O)Cl. The number of carbonyl (C=O) groups excluding carboxylic acids is 1. The first-order chi connectivity index (χ1) is 6.56. The molecule has 14 heavy (non-hydrogen) atoms. The van der Waals surface area contributed by atoms with E-state index >= 15 is 0 Å². The maximum absolute atomic E-state index is 12.2. The van der Waals surface area contributed by atoms with E-state index in [0.29, 0.717) is 0 Å². The van der Waals surface area contributed by atoms with E-state index in [-0.39, 0.29) is 11.3 Å². The van der Waals surface area contributed by atoms with Crippen LogP contribution in [0.25, 0.3) is 0 Å². The van der Waals surface area contributed by atoms with E-state index in [1.165, 1.54) is 7.11 Å². The van der Waals surface area contributed by atoms with Crippen LogP contribution in [0.1, 0.15) is 22.5 Å². The van der Waals surface area contributed by atoms with Gasteiger partial charge in [-0.3, -0.25) is 9.78 Å². The van der Waals surface area contributed by atoms with Crippen LogP contribution in [-0.2, 0) is 0 Å². The maximum atomic E-state index is 12.2. The standard InChI is InChI=1S/C8H6ClF2NO2/c1-14-6-3-12-5(8(10)11)2-4(6)7(9)13/h2-3,8H,1H3. The van der Waals surface area contributed by atoms with Gasteiger partial charge in [0.1, 0.15) is 11.4 Å². The van der Waals surface area contributed by atoms with Crippen molar-refractivity contribution in [3.8, 4) is 5.75 Å². The summed E-state index contributed by atoms with van der Waals surface area (Å²) in [6.07, 6.45) is -1.70. The summed E-state index contributed by atoms with van der Waals surface area (Å²) < 4.78 is 29.1. The van der Waals surface area contributed by atoms with Crippen molar-refractivity contribution >= 4 is 16.8 Å². The first-order valence-electron chi connectivity index (χ1n) is 3.58.